The number of nitrogens with zero attached hydrogens (tertiary/aromatic N) is 2. The van der Waals surface area contributed by atoms with Gasteiger partial charge in [0, 0.05) is 12.1 Å². The third kappa shape index (κ3) is 3.70. The lowest BCUT2D eigenvalue weighted by atomic mass is 9.96. The predicted molar refractivity (Wildman–Crippen MR) is 71.3 cm³/mol. The minimum Gasteiger partial charge on any atom is -0.407 e. The summed E-state index contributed by atoms with van der Waals surface area (Å²) in [6, 6.07) is 1.57. The van der Waals surface area contributed by atoms with E-state index in [9.17, 15) is 0 Å². The highest BCUT2D eigenvalue weighted by Gasteiger charge is 2.21. The first-order chi connectivity index (χ1) is 8.72. The van der Waals surface area contributed by atoms with Crippen molar-refractivity contribution in [3.05, 3.63) is 5.89 Å². The standard InChI is InChI=1S/C13H24N4O/c1-4-10(5-2)9(3)15-13-17-16-12(18-13)8-14-11-6-7-11/h9-11,14H,4-8H2,1-3H3,(H,15,17). The normalized spacial score (nSPS) is 17.1. The van der Waals surface area contributed by atoms with Gasteiger partial charge in [0.1, 0.15) is 0 Å². The van der Waals surface area contributed by atoms with E-state index in [-0.39, 0.29) is 0 Å². The fourth-order valence-corrected chi connectivity index (χ4v) is 2.21. The molecule has 0 aliphatic heterocycles. The van der Waals surface area contributed by atoms with E-state index in [4.69, 9.17) is 4.42 Å². The van der Waals surface area contributed by atoms with Crippen LogP contribution in [0.5, 0.6) is 0 Å². The minimum absolute atomic E-state index is 0.365. The van der Waals surface area contributed by atoms with Crippen molar-refractivity contribution >= 4 is 6.01 Å². The summed E-state index contributed by atoms with van der Waals surface area (Å²) < 4.78 is 5.58. The van der Waals surface area contributed by atoms with Gasteiger partial charge in [-0.1, -0.05) is 31.8 Å². The Labute approximate surface area is 109 Å². The highest BCUT2D eigenvalue weighted by atomic mass is 16.4. The van der Waals surface area contributed by atoms with Crippen LogP contribution in [-0.4, -0.2) is 22.3 Å². The third-order valence-corrected chi connectivity index (χ3v) is 3.69. The second-order valence-electron chi connectivity index (χ2n) is 5.17. The van der Waals surface area contributed by atoms with Gasteiger partial charge in [-0.3, -0.25) is 0 Å². The van der Waals surface area contributed by atoms with Crippen molar-refractivity contribution < 1.29 is 4.42 Å². The maximum absolute atomic E-state index is 5.58. The van der Waals surface area contributed by atoms with Gasteiger partial charge in [-0.2, -0.15) is 0 Å². The molecule has 1 fully saturated rings. The number of rotatable bonds is 8. The first-order valence-electron chi connectivity index (χ1n) is 7.05. The van der Waals surface area contributed by atoms with E-state index in [0.29, 0.717) is 36.5 Å². The van der Waals surface area contributed by atoms with Crippen molar-refractivity contribution in [3.63, 3.8) is 0 Å². The Hall–Kier alpha value is -1.10. The molecule has 102 valence electrons. The summed E-state index contributed by atoms with van der Waals surface area (Å²) in [6.45, 7) is 7.28. The van der Waals surface area contributed by atoms with Crippen molar-refractivity contribution in [3.8, 4) is 0 Å². The van der Waals surface area contributed by atoms with Gasteiger partial charge in [0.15, 0.2) is 0 Å². The first-order valence-corrected chi connectivity index (χ1v) is 7.05. The summed E-state index contributed by atoms with van der Waals surface area (Å²) in [6.07, 6.45) is 4.86. The van der Waals surface area contributed by atoms with Gasteiger partial charge in [0.25, 0.3) is 0 Å². The Morgan fingerprint density at radius 1 is 1.28 bits per heavy atom. The molecule has 18 heavy (non-hydrogen) atoms. The number of aromatic nitrogens is 2. The zero-order valence-corrected chi connectivity index (χ0v) is 11.6. The molecule has 1 saturated carbocycles. The van der Waals surface area contributed by atoms with Crippen LogP contribution in [0.4, 0.5) is 6.01 Å². The molecule has 1 aliphatic rings. The molecule has 1 aromatic heterocycles. The van der Waals surface area contributed by atoms with Crippen LogP contribution >= 0.6 is 0 Å². The lowest BCUT2D eigenvalue weighted by Crippen LogP contribution is -2.25. The van der Waals surface area contributed by atoms with E-state index in [0.717, 1.165) is 12.8 Å². The smallest absolute Gasteiger partial charge is 0.315 e. The quantitative estimate of drug-likeness (QED) is 0.744. The predicted octanol–water partition coefficient (Wildman–Crippen LogP) is 2.56. The van der Waals surface area contributed by atoms with Crippen LogP contribution in [0.2, 0.25) is 0 Å². The molecule has 2 rings (SSSR count). The van der Waals surface area contributed by atoms with Gasteiger partial charge >= 0.3 is 6.01 Å². The molecule has 2 N–H and O–H groups in total. The summed E-state index contributed by atoms with van der Waals surface area (Å²) >= 11 is 0. The van der Waals surface area contributed by atoms with E-state index < -0.39 is 0 Å². The van der Waals surface area contributed by atoms with E-state index in [1.807, 2.05) is 0 Å². The molecule has 1 aromatic rings. The SMILES string of the molecule is CCC(CC)C(C)Nc1nnc(CNC2CC2)o1. The lowest BCUT2D eigenvalue weighted by molar-refractivity contribution is 0.418. The van der Waals surface area contributed by atoms with Crippen molar-refractivity contribution in [1.82, 2.24) is 15.5 Å². The number of nitrogens with one attached hydrogen (secondary N) is 2. The summed E-state index contributed by atoms with van der Waals surface area (Å²) in [7, 11) is 0. The summed E-state index contributed by atoms with van der Waals surface area (Å²) in [5.74, 6) is 1.31. The molecular formula is C13H24N4O. The molecule has 5 nitrogen and oxygen atoms in total. The second-order valence-corrected chi connectivity index (χ2v) is 5.17. The Morgan fingerprint density at radius 3 is 2.61 bits per heavy atom. The number of anilines is 1. The van der Waals surface area contributed by atoms with Crippen LogP contribution in [0.25, 0.3) is 0 Å². The molecule has 5 heteroatoms. The van der Waals surface area contributed by atoms with Crippen LogP contribution in [0.1, 0.15) is 52.3 Å². The zero-order valence-electron chi connectivity index (χ0n) is 11.6. The van der Waals surface area contributed by atoms with Crippen LogP contribution in [0, 0.1) is 5.92 Å². The zero-order chi connectivity index (χ0) is 13.0. The maximum atomic E-state index is 5.58. The van der Waals surface area contributed by atoms with Crippen LogP contribution in [0.3, 0.4) is 0 Å². The average Bonchev–Trinajstić information content (AvgIpc) is 3.09. The van der Waals surface area contributed by atoms with E-state index >= 15 is 0 Å². The fraction of sp³-hybridized carbons (Fsp3) is 0.846. The summed E-state index contributed by atoms with van der Waals surface area (Å²) in [4.78, 5) is 0. The molecule has 0 bridgehead atoms. The third-order valence-electron chi connectivity index (χ3n) is 3.69. The van der Waals surface area contributed by atoms with Crippen molar-refractivity contribution in [2.24, 2.45) is 5.92 Å². The molecule has 0 amide bonds. The molecule has 1 unspecified atom stereocenters. The monoisotopic (exact) mass is 252 g/mol. The Bertz CT molecular complexity index is 358. The van der Waals surface area contributed by atoms with Gasteiger partial charge in [-0.05, 0) is 25.7 Å². The van der Waals surface area contributed by atoms with E-state index in [2.05, 4.69) is 41.6 Å². The fourth-order valence-electron chi connectivity index (χ4n) is 2.21. The molecule has 1 atom stereocenters. The van der Waals surface area contributed by atoms with Crippen molar-refractivity contribution in [1.29, 1.82) is 0 Å². The Kier molecular flexibility index (Phi) is 4.58. The molecule has 0 aromatic carbocycles. The van der Waals surface area contributed by atoms with Gasteiger partial charge in [0.2, 0.25) is 5.89 Å². The van der Waals surface area contributed by atoms with Crippen LogP contribution < -0.4 is 10.6 Å². The molecule has 0 saturated heterocycles. The molecular weight excluding hydrogens is 228 g/mol. The van der Waals surface area contributed by atoms with Crippen molar-refractivity contribution in [2.45, 2.75) is 65.1 Å². The Balaban J connectivity index is 1.80. The maximum Gasteiger partial charge on any atom is 0.315 e. The summed E-state index contributed by atoms with van der Waals surface area (Å²) in [5.41, 5.74) is 0. The van der Waals surface area contributed by atoms with Gasteiger partial charge < -0.3 is 15.1 Å². The van der Waals surface area contributed by atoms with E-state index in [1.54, 1.807) is 0 Å². The van der Waals surface area contributed by atoms with Crippen LogP contribution in [-0.2, 0) is 6.54 Å². The Morgan fingerprint density at radius 2 is 2.00 bits per heavy atom. The minimum atomic E-state index is 0.365. The van der Waals surface area contributed by atoms with Crippen molar-refractivity contribution in [2.75, 3.05) is 5.32 Å². The summed E-state index contributed by atoms with van der Waals surface area (Å²) in [5, 5.41) is 14.7. The first kappa shape index (κ1) is 13.3. The largest absolute Gasteiger partial charge is 0.407 e. The highest BCUT2D eigenvalue weighted by Crippen LogP contribution is 2.20. The number of hydrogen-bond donors (Lipinski definition) is 2. The topological polar surface area (TPSA) is 63.0 Å². The second kappa shape index (κ2) is 6.18. The van der Waals surface area contributed by atoms with Gasteiger partial charge in [0.05, 0.1) is 6.54 Å². The molecule has 0 spiro atoms. The molecule has 1 heterocycles. The van der Waals surface area contributed by atoms with Gasteiger partial charge in [-0.25, -0.2) is 0 Å². The highest BCUT2D eigenvalue weighted by molar-refractivity contribution is 5.19. The number of hydrogen-bond acceptors (Lipinski definition) is 5. The molecule has 0 radical (unpaired) electrons. The van der Waals surface area contributed by atoms with Gasteiger partial charge in [-0.15, -0.1) is 5.10 Å². The van der Waals surface area contributed by atoms with E-state index in [1.165, 1.54) is 12.8 Å². The molecule has 1 aliphatic carbocycles. The van der Waals surface area contributed by atoms with Crippen LogP contribution in [0.15, 0.2) is 4.42 Å². The lowest BCUT2D eigenvalue weighted by Gasteiger charge is -2.20. The average molecular weight is 252 g/mol.